The molecule has 4 N–H and O–H groups in total. The number of carbonyl (C=O) groups excluding carboxylic acids is 2. The van der Waals surface area contributed by atoms with E-state index in [2.05, 4.69) is 5.32 Å². The van der Waals surface area contributed by atoms with Crippen LogP contribution in [-0.2, 0) is 9.59 Å². The first-order valence-electron chi connectivity index (χ1n) is 6.49. The van der Waals surface area contributed by atoms with E-state index in [4.69, 9.17) is 10.8 Å². The van der Waals surface area contributed by atoms with Crippen LogP contribution in [0.15, 0.2) is 0 Å². The summed E-state index contributed by atoms with van der Waals surface area (Å²) in [5.74, 6) is -0.293. The van der Waals surface area contributed by atoms with Gasteiger partial charge in [0.05, 0.1) is 0 Å². The van der Waals surface area contributed by atoms with E-state index in [9.17, 15) is 14.4 Å². The Morgan fingerprint density at radius 3 is 2.75 bits per heavy atom. The first kappa shape index (κ1) is 16.6. The molecular formula is C12H21N3O4S. The van der Waals surface area contributed by atoms with Crippen molar-refractivity contribution >= 4 is 29.7 Å². The smallest absolute Gasteiger partial charge is 0.312 e. The second-order valence-electron chi connectivity index (χ2n) is 4.88. The van der Waals surface area contributed by atoms with E-state index in [1.165, 1.54) is 0 Å². The summed E-state index contributed by atoms with van der Waals surface area (Å²) in [6.45, 7) is 0.967. The standard InChI is InChI=1S/C12H21N3O4S/c1-20-5-3-9(14-12(13)19)11(18)15-4-2-8(7-15)6-10(16)17/h8-9H,2-7H2,1H3,(H,16,17)(H3,13,14,19). The summed E-state index contributed by atoms with van der Waals surface area (Å²) >= 11 is 1.59. The molecule has 1 fully saturated rings. The monoisotopic (exact) mass is 303 g/mol. The number of carbonyl (C=O) groups is 3. The largest absolute Gasteiger partial charge is 0.481 e. The van der Waals surface area contributed by atoms with Gasteiger partial charge in [0.2, 0.25) is 5.91 Å². The number of primary amides is 1. The molecule has 2 atom stereocenters. The van der Waals surface area contributed by atoms with Crippen LogP contribution in [0, 0.1) is 5.92 Å². The second-order valence-corrected chi connectivity index (χ2v) is 5.87. The molecule has 0 aromatic carbocycles. The van der Waals surface area contributed by atoms with Gasteiger partial charge in [0.15, 0.2) is 0 Å². The van der Waals surface area contributed by atoms with Crippen molar-refractivity contribution in [1.29, 1.82) is 0 Å². The number of aliphatic carboxylic acids is 1. The summed E-state index contributed by atoms with van der Waals surface area (Å²) in [5.41, 5.74) is 5.09. The van der Waals surface area contributed by atoms with Crippen molar-refractivity contribution in [2.24, 2.45) is 11.7 Å². The highest BCUT2D eigenvalue weighted by molar-refractivity contribution is 7.98. The molecule has 7 nitrogen and oxygen atoms in total. The highest BCUT2D eigenvalue weighted by Gasteiger charge is 2.31. The maximum atomic E-state index is 12.3. The van der Waals surface area contributed by atoms with E-state index < -0.39 is 18.0 Å². The zero-order chi connectivity index (χ0) is 15.1. The normalized spacial score (nSPS) is 19.6. The minimum atomic E-state index is -0.849. The molecule has 0 aromatic heterocycles. The second kappa shape index (κ2) is 7.98. The number of thioether (sulfide) groups is 1. The number of nitrogens with zero attached hydrogens (tertiary/aromatic N) is 1. The fourth-order valence-electron chi connectivity index (χ4n) is 2.33. The van der Waals surface area contributed by atoms with Crippen LogP contribution < -0.4 is 11.1 Å². The van der Waals surface area contributed by atoms with Crippen LogP contribution >= 0.6 is 11.8 Å². The molecule has 0 radical (unpaired) electrons. The Labute approximate surface area is 122 Å². The molecule has 20 heavy (non-hydrogen) atoms. The number of rotatable bonds is 7. The van der Waals surface area contributed by atoms with Gasteiger partial charge in [0, 0.05) is 19.5 Å². The lowest BCUT2D eigenvalue weighted by molar-refractivity contribution is -0.138. The number of hydrogen-bond donors (Lipinski definition) is 3. The quantitative estimate of drug-likeness (QED) is 0.617. The first-order chi connectivity index (χ1) is 9.43. The number of nitrogens with one attached hydrogen (secondary N) is 1. The number of carboxylic acid groups (broad SMARTS) is 1. The Morgan fingerprint density at radius 2 is 2.20 bits per heavy atom. The summed E-state index contributed by atoms with van der Waals surface area (Å²) in [6, 6.07) is -1.34. The molecule has 114 valence electrons. The fraction of sp³-hybridized carbons (Fsp3) is 0.750. The minimum Gasteiger partial charge on any atom is -0.481 e. The minimum absolute atomic E-state index is 0.00812. The predicted molar refractivity (Wildman–Crippen MR) is 76.4 cm³/mol. The van der Waals surface area contributed by atoms with Crippen molar-refractivity contribution in [3.05, 3.63) is 0 Å². The highest BCUT2D eigenvalue weighted by Crippen LogP contribution is 2.20. The predicted octanol–water partition coefficient (Wildman–Crippen LogP) is 0.0996. The van der Waals surface area contributed by atoms with E-state index in [1.807, 2.05) is 6.26 Å². The number of amides is 3. The third-order valence-corrected chi connectivity index (χ3v) is 3.93. The Hall–Kier alpha value is -1.44. The van der Waals surface area contributed by atoms with Crippen molar-refractivity contribution in [3.63, 3.8) is 0 Å². The maximum absolute atomic E-state index is 12.3. The Morgan fingerprint density at radius 1 is 1.50 bits per heavy atom. The summed E-state index contributed by atoms with van der Waals surface area (Å²) in [5, 5.41) is 11.2. The molecule has 1 aliphatic heterocycles. The Balaban J connectivity index is 2.56. The molecule has 1 saturated heterocycles. The number of carboxylic acids is 1. The molecule has 1 heterocycles. The van der Waals surface area contributed by atoms with Gasteiger partial charge in [-0.15, -0.1) is 0 Å². The van der Waals surface area contributed by atoms with Crippen LogP contribution in [0.3, 0.4) is 0 Å². The van der Waals surface area contributed by atoms with E-state index in [0.29, 0.717) is 25.9 Å². The third kappa shape index (κ3) is 5.28. The molecule has 3 amide bonds. The molecule has 8 heteroatoms. The topological polar surface area (TPSA) is 113 Å². The molecule has 0 spiro atoms. The van der Waals surface area contributed by atoms with Crippen LogP contribution in [-0.4, -0.2) is 59.1 Å². The summed E-state index contributed by atoms with van der Waals surface area (Å²) < 4.78 is 0. The number of nitrogens with two attached hydrogens (primary N) is 1. The molecule has 2 unspecified atom stereocenters. The van der Waals surface area contributed by atoms with Gasteiger partial charge in [-0.25, -0.2) is 4.79 Å². The molecule has 0 aromatic rings. The molecule has 0 aliphatic carbocycles. The molecule has 1 rings (SSSR count). The Bertz CT molecular complexity index is 378. The van der Waals surface area contributed by atoms with Gasteiger partial charge in [-0.05, 0) is 30.8 Å². The van der Waals surface area contributed by atoms with Crippen LogP contribution in [0.25, 0.3) is 0 Å². The van der Waals surface area contributed by atoms with Gasteiger partial charge in [-0.2, -0.15) is 11.8 Å². The van der Waals surface area contributed by atoms with E-state index >= 15 is 0 Å². The van der Waals surface area contributed by atoms with E-state index in [0.717, 1.165) is 5.75 Å². The lowest BCUT2D eigenvalue weighted by atomic mass is 10.1. The van der Waals surface area contributed by atoms with Crippen LogP contribution in [0.5, 0.6) is 0 Å². The van der Waals surface area contributed by atoms with Crippen molar-refractivity contribution < 1.29 is 19.5 Å². The van der Waals surface area contributed by atoms with Crippen molar-refractivity contribution in [1.82, 2.24) is 10.2 Å². The highest BCUT2D eigenvalue weighted by atomic mass is 32.2. The molecule has 0 bridgehead atoms. The lowest BCUT2D eigenvalue weighted by Crippen LogP contribution is -2.49. The van der Waals surface area contributed by atoms with Crippen molar-refractivity contribution in [2.45, 2.75) is 25.3 Å². The maximum Gasteiger partial charge on any atom is 0.312 e. The van der Waals surface area contributed by atoms with Crippen LogP contribution in [0.1, 0.15) is 19.3 Å². The number of hydrogen-bond acceptors (Lipinski definition) is 4. The average Bonchev–Trinajstić information content (AvgIpc) is 2.80. The molecular weight excluding hydrogens is 282 g/mol. The Kier molecular flexibility index (Phi) is 6.63. The summed E-state index contributed by atoms with van der Waals surface area (Å²) in [4.78, 5) is 35.6. The first-order valence-corrected chi connectivity index (χ1v) is 7.89. The zero-order valence-corrected chi connectivity index (χ0v) is 12.3. The van der Waals surface area contributed by atoms with Crippen LogP contribution in [0.2, 0.25) is 0 Å². The number of likely N-dealkylation sites (tertiary alicyclic amines) is 1. The van der Waals surface area contributed by atoms with Gasteiger partial charge in [0.1, 0.15) is 6.04 Å². The third-order valence-electron chi connectivity index (χ3n) is 3.29. The average molecular weight is 303 g/mol. The molecule has 0 saturated carbocycles. The summed E-state index contributed by atoms with van der Waals surface area (Å²) in [7, 11) is 0. The van der Waals surface area contributed by atoms with Gasteiger partial charge in [0.25, 0.3) is 0 Å². The van der Waals surface area contributed by atoms with Crippen molar-refractivity contribution in [2.75, 3.05) is 25.1 Å². The van der Waals surface area contributed by atoms with Gasteiger partial charge in [-0.1, -0.05) is 0 Å². The van der Waals surface area contributed by atoms with E-state index in [1.54, 1.807) is 16.7 Å². The summed E-state index contributed by atoms with van der Waals surface area (Å²) in [6.07, 6.45) is 3.19. The lowest BCUT2D eigenvalue weighted by Gasteiger charge is -2.23. The van der Waals surface area contributed by atoms with Crippen molar-refractivity contribution in [3.8, 4) is 0 Å². The SMILES string of the molecule is CSCCC(NC(N)=O)C(=O)N1CCC(CC(=O)O)C1. The van der Waals surface area contributed by atoms with Gasteiger partial charge < -0.3 is 21.1 Å². The van der Waals surface area contributed by atoms with Crippen LogP contribution in [0.4, 0.5) is 4.79 Å². The van der Waals surface area contributed by atoms with Gasteiger partial charge >= 0.3 is 12.0 Å². The van der Waals surface area contributed by atoms with E-state index in [-0.39, 0.29) is 18.2 Å². The molecule has 1 aliphatic rings. The number of urea groups is 1. The van der Waals surface area contributed by atoms with Gasteiger partial charge in [-0.3, -0.25) is 9.59 Å². The fourth-order valence-corrected chi connectivity index (χ4v) is 2.80. The zero-order valence-electron chi connectivity index (χ0n) is 11.5.